The Balaban J connectivity index is 2.09. The van der Waals surface area contributed by atoms with Gasteiger partial charge in [0.15, 0.2) is 0 Å². The van der Waals surface area contributed by atoms with Gasteiger partial charge in [-0.25, -0.2) is 8.42 Å². The first-order chi connectivity index (χ1) is 19.5. The third-order valence-electron chi connectivity index (χ3n) is 6.98. The van der Waals surface area contributed by atoms with Crippen molar-refractivity contribution in [2.45, 2.75) is 52.6 Å². The lowest BCUT2D eigenvalue weighted by molar-refractivity contribution is -0.140. The number of benzene rings is 3. The first-order valence-electron chi connectivity index (χ1n) is 13.8. The van der Waals surface area contributed by atoms with Gasteiger partial charge in [-0.1, -0.05) is 74.0 Å². The molecule has 0 aliphatic carbocycles. The van der Waals surface area contributed by atoms with Crippen molar-refractivity contribution in [1.29, 1.82) is 0 Å². The monoisotopic (exact) mass is 579 g/mol. The topological polar surface area (TPSA) is 96.0 Å². The number of nitrogens with zero attached hydrogens (tertiary/aromatic N) is 2. The van der Waals surface area contributed by atoms with Crippen LogP contribution in [-0.2, 0) is 32.6 Å². The summed E-state index contributed by atoms with van der Waals surface area (Å²) in [7, 11) is -2.44. The Kier molecular flexibility index (Phi) is 11.3. The highest BCUT2D eigenvalue weighted by molar-refractivity contribution is 7.92. The van der Waals surface area contributed by atoms with Gasteiger partial charge in [-0.05, 0) is 54.7 Å². The Morgan fingerprint density at radius 2 is 1.66 bits per heavy atom. The molecule has 1 atom stereocenters. The Morgan fingerprint density at radius 3 is 2.29 bits per heavy atom. The standard InChI is InChI=1S/C32H41N3O5S/c1-6-7-19-33-32(37)29(21-26-14-9-8-10-15-26)34(22-27-16-12-11-13-25(27)3)31(36)23-35(41(5,38)39)28-20-24(2)17-18-30(28)40-4/h8-18,20,29H,6-7,19,21-23H2,1-5H3,(H,33,37). The second-order valence-electron chi connectivity index (χ2n) is 10.2. The maximum Gasteiger partial charge on any atom is 0.244 e. The van der Waals surface area contributed by atoms with Crippen LogP contribution in [0.3, 0.4) is 0 Å². The van der Waals surface area contributed by atoms with Gasteiger partial charge < -0.3 is 15.0 Å². The average Bonchev–Trinajstić information content (AvgIpc) is 2.94. The van der Waals surface area contributed by atoms with Gasteiger partial charge in [-0.2, -0.15) is 0 Å². The van der Waals surface area contributed by atoms with Gasteiger partial charge in [0.25, 0.3) is 0 Å². The predicted octanol–water partition coefficient (Wildman–Crippen LogP) is 4.63. The average molecular weight is 580 g/mol. The van der Waals surface area contributed by atoms with E-state index >= 15 is 0 Å². The van der Waals surface area contributed by atoms with Crippen LogP contribution in [0.1, 0.15) is 42.0 Å². The number of hydrogen-bond acceptors (Lipinski definition) is 5. The first-order valence-corrected chi connectivity index (χ1v) is 15.7. The molecule has 2 amide bonds. The number of ether oxygens (including phenoxy) is 1. The molecule has 0 saturated heterocycles. The summed E-state index contributed by atoms with van der Waals surface area (Å²) in [6.07, 6.45) is 3.07. The van der Waals surface area contributed by atoms with E-state index < -0.39 is 28.5 Å². The van der Waals surface area contributed by atoms with Gasteiger partial charge in [0.1, 0.15) is 18.3 Å². The smallest absolute Gasteiger partial charge is 0.244 e. The second-order valence-corrected chi connectivity index (χ2v) is 12.1. The molecule has 8 nitrogen and oxygen atoms in total. The summed E-state index contributed by atoms with van der Waals surface area (Å²) in [6.45, 7) is 5.98. The van der Waals surface area contributed by atoms with Crippen molar-refractivity contribution in [2.75, 3.05) is 30.8 Å². The van der Waals surface area contributed by atoms with Crippen LogP contribution in [0.5, 0.6) is 5.75 Å². The third kappa shape index (κ3) is 8.82. The summed E-state index contributed by atoms with van der Waals surface area (Å²) in [6, 6.07) is 21.5. The molecule has 9 heteroatoms. The highest BCUT2D eigenvalue weighted by Crippen LogP contribution is 2.31. The molecule has 220 valence electrons. The van der Waals surface area contributed by atoms with Gasteiger partial charge in [0.2, 0.25) is 21.8 Å². The van der Waals surface area contributed by atoms with Crippen molar-refractivity contribution in [2.24, 2.45) is 0 Å². The van der Waals surface area contributed by atoms with Crippen molar-refractivity contribution >= 4 is 27.5 Å². The number of amides is 2. The molecule has 0 heterocycles. The number of aryl methyl sites for hydroxylation is 2. The maximum atomic E-state index is 14.2. The number of unbranched alkanes of at least 4 members (excludes halogenated alkanes) is 1. The lowest BCUT2D eigenvalue weighted by Gasteiger charge is -2.34. The summed E-state index contributed by atoms with van der Waals surface area (Å²) >= 11 is 0. The number of nitrogens with one attached hydrogen (secondary N) is 1. The van der Waals surface area contributed by atoms with Gasteiger partial charge in [0.05, 0.1) is 19.1 Å². The molecule has 0 bridgehead atoms. The minimum absolute atomic E-state index is 0.146. The molecule has 3 rings (SSSR count). The van der Waals surface area contributed by atoms with Gasteiger partial charge in [0, 0.05) is 19.5 Å². The van der Waals surface area contributed by atoms with Crippen molar-refractivity contribution in [3.63, 3.8) is 0 Å². The van der Waals surface area contributed by atoms with Crippen molar-refractivity contribution < 1.29 is 22.7 Å². The van der Waals surface area contributed by atoms with Crippen molar-refractivity contribution in [1.82, 2.24) is 10.2 Å². The van der Waals surface area contributed by atoms with E-state index in [1.807, 2.05) is 81.4 Å². The van der Waals surface area contributed by atoms with Gasteiger partial charge >= 0.3 is 0 Å². The fourth-order valence-electron chi connectivity index (χ4n) is 4.62. The van der Waals surface area contributed by atoms with E-state index in [-0.39, 0.29) is 24.6 Å². The molecule has 0 aromatic heterocycles. The van der Waals surface area contributed by atoms with Crippen LogP contribution in [0.25, 0.3) is 0 Å². The summed E-state index contributed by atoms with van der Waals surface area (Å²) in [4.78, 5) is 29.4. The first kappa shape index (κ1) is 31.7. The lowest BCUT2D eigenvalue weighted by atomic mass is 10.0. The molecule has 41 heavy (non-hydrogen) atoms. The van der Waals surface area contributed by atoms with E-state index in [0.717, 1.165) is 45.7 Å². The summed E-state index contributed by atoms with van der Waals surface area (Å²) in [5, 5.41) is 3.00. The van der Waals surface area contributed by atoms with E-state index in [2.05, 4.69) is 5.32 Å². The van der Waals surface area contributed by atoms with E-state index in [0.29, 0.717) is 12.3 Å². The number of sulfonamides is 1. The van der Waals surface area contributed by atoms with Crippen LogP contribution in [0, 0.1) is 13.8 Å². The second kappa shape index (κ2) is 14.7. The number of anilines is 1. The molecule has 0 aliphatic rings. The Bertz CT molecular complexity index is 1430. The number of methoxy groups -OCH3 is 1. The summed E-state index contributed by atoms with van der Waals surface area (Å²) < 4.78 is 32.7. The van der Waals surface area contributed by atoms with Gasteiger partial charge in [-0.3, -0.25) is 13.9 Å². The molecule has 3 aromatic carbocycles. The Labute approximate surface area is 244 Å². The molecule has 0 aliphatic heterocycles. The largest absolute Gasteiger partial charge is 0.495 e. The molecule has 1 N–H and O–H groups in total. The van der Waals surface area contributed by atoms with Crippen molar-refractivity contribution in [3.05, 3.63) is 95.1 Å². The fourth-order valence-corrected chi connectivity index (χ4v) is 5.47. The van der Waals surface area contributed by atoms with Gasteiger partial charge in [-0.15, -0.1) is 0 Å². The zero-order valence-electron chi connectivity index (χ0n) is 24.6. The quantitative estimate of drug-likeness (QED) is 0.281. The normalized spacial score (nSPS) is 11.9. The third-order valence-corrected chi connectivity index (χ3v) is 8.11. The number of rotatable bonds is 14. The molecular formula is C32H41N3O5S. The van der Waals surface area contributed by atoms with E-state index in [4.69, 9.17) is 4.74 Å². The van der Waals surface area contributed by atoms with Crippen LogP contribution in [0.2, 0.25) is 0 Å². The maximum absolute atomic E-state index is 14.2. The van der Waals surface area contributed by atoms with Crippen LogP contribution < -0.4 is 14.4 Å². The van der Waals surface area contributed by atoms with Crippen LogP contribution >= 0.6 is 0 Å². The predicted molar refractivity (Wildman–Crippen MR) is 164 cm³/mol. The molecule has 0 fully saturated rings. The van der Waals surface area contributed by atoms with Crippen molar-refractivity contribution in [3.8, 4) is 5.75 Å². The zero-order valence-corrected chi connectivity index (χ0v) is 25.4. The van der Waals surface area contributed by atoms with E-state index in [9.17, 15) is 18.0 Å². The number of carbonyl (C=O) groups is 2. The van der Waals surface area contributed by atoms with Crippen LogP contribution in [0.4, 0.5) is 5.69 Å². The zero-order chi connectivity index (χ0) is 30.0. The minimum atomic E-state index is -3.89. The highest BCUT2D eigenvalue weighted by Gasteiger charge is 2.33. The van der Waals surface area contributed by atoms with E-state index in [1.165, 1.54) is 12.0 Å². The number of hydrogen-bond donors (Lipinski definition) is 1. The summed E-state index contributed by atoms with van der Waals surface area (Å²) in [5.74, 6) is -0.436. The highest BCUT2D eigenvalue weighted by atomic mass is 32.2. The lowest BCUT2D eigenvalue weighted by Crippen LogP contribution is -2.53. The molecule has 0 radical (unpaired) electrons. The Hall–Kier alpha value is -3.85. The molecule has 0 spiro atoms. The Morgan fingerprint density at radius 1 is 0.976 bits per heavy atom. The molecule has 0 saturated carbocycles. The fraction of sp³-hybridized carbons (Fsp3) is 0.375. The molecule has 3 aromatic rings. The SMILES string of the molecule is CCCCNC(=O)C(Cc1ccccc1)N(Cc1ccccc1C)C(=O)CN(c1cc(C)ccc1OC)S(C)(=O)=O. The van der Waals surface area contributed by atoms with E-state index in [1.54, 1.807) is 12.1 Å². The van der Waals surface area contributed by atoms with Crippen LogP contribution in [0.15, 0.2) is 72.8 Å². The molecule has 1 unspecified atom stereocenters. The number of carbonyl (C=O) groups excluding carboxylic acids is 2. The minimum Gasteiger partial charge on any atom is -0.495 e. The molecular weight excluding hydrogens is 538 g/mol. The van der Waals surface area contributed by atoms with Crippen LogP contribution in [-0.4, -0.2) is 57.6 Å². The summed E-state index contributed by atoms with van der Waals surface area (Å²) in [5.41, 5.74) is 3.82.